The van der Waals surface area contributed by atoms with Gasteiger partial charge in [0.2, 0.25) is 10.0 Å². The van der Waals surface area contributed by atoms with Crippen LogP contribution in [0.5, 0.6) is 0 Å². The van der Waals surface area contributed by atoms with Gasteiger partial charge in [0.1, 0.15) is 0 Å². The summed E-state index contributed by atoms with van der Waals surface area (Å²) in [5.74, 6) is 0.756. The van der Waals surface area contributed by atoms with Gasteiger partial charge < -0.3 is 0 Å². The minimum absolute atomic E-state index is 0.644. The lowest BCUT2D eigenvalue weighted by Crippen LogP contribution is -2.33. The molecule has 1 aliphatic rings. The quantitative estimate of drug-likeness (QED) is 0.922. The highest BCUT2D eigenvalue weighted by molar-refractivity contribution is 7.92. The van der Waals surface area contributed by atoms with Crippen LogP contribution in [0.3, 0.4) is 0 Å². The molecular weight excluding hydrogens is 260 g/mol. The van der Waals surface area contributed by atoms with Crippen molar-refractivity contribution in [2.45, 2.75) is 26.3 Å². The highest BCUT2D eigenvalue weighted by Crippen LogP contribution is 2.19. The Morgan fingerprint density at radius 2 is 2.21 bits per heavy atom. The van der Waals surface area contributed by atoms with E-state index in [1.807, 2.05) is 18.2 Å². The number of nitrogens with one attached hydrogen (secondary N) is 1. The molecule has 0 amide bonds. The molecule has 0 aromatic heterocycles. The predicted molar refractivity (Wildman–Crippen MR) is 78.6 cm³/mol. The Bertz CT molecular complexity index is 528. The first kappa shape index (κ1) is 14.3. The maximum Gasteiger partial charge on any atom is 0.229 e. The number of hydrogen-bond acceptors (Lipinski definition) is 3. The molecule has 1 atom stereocenters. The van der Waals surface area contributed by atoms with Gasteiger partial charge in [-0.25, -0.2) is 8.42 Å². The Morgan fingerprint density at radius 3 is 2.89 bits per heavy atom. The van der Waals surface area contributed by atoms with Crippen molar-refractivity contribution in [2.75, 3.05) is 24.1 Å². The van der Waals surface area contributed by atoms with E-state index in [0.717, 1.165) is 31.1 Å². The number of sulfonamides is 1. The molecule has 106 valence electrons. The van der Waals surface area contributed by atoms with Crippen LogP contribution in [0.4, 0.5) is 5.69 Å². The normalized spacial score (nSPS) is 21.3. The van der Waals surface area contributed by atoms with Crippen molar-refractivity contribution >= 4 is 15.7 Å². The number of likely N-dealkylation sites (tertiary alicyclic amines) is 1. The van der Waals surface area contributed by atoms with Gasteiger partial charge >= 0.3 is 0 Å². The second-order valence-electron chi connectivity index (χ2n) is 5.56. The fourth-order valence-electron chi connectivity index (χ4n) is 2.64. The molecule has 0 aliphatic carbocycles. The van der Waals surface area contributed by atoms with Gasteiger partial charge in [0.05, 0.1) is 6.26 Å². The predicted octanol–water partition coefficient (Wildman–Crippen LogP) is 2.29. The lowest BCUT2D eigenvalue weighted by atomic mass is 10.00. The molecule has 0 radical (unpaired) electrons. The van der Waals surface area contributed by atoms with Gasteiger partial charge in [-0.1, -0.05) is 19.1 Å². The first-order valence-corrected chi connectivity index (χ1v) is 8.60. The largest absolute Gasteiger partial charge is 0.299 e. The second-order valence-corrected chi connectivity index (χ2v) is 7.31. The van der Waals surface area contributed by atoms with E-state index in [1.165, 1.54) is 19.1 Å². The maximum atomic E-state index is 11.2. The number of rotatable bonds is 4. The number of hydrogen-bond donors (Lipinski definition) is 1. The third kappa shape index (κ3) is 4.84. The van der Waals surface area contributed by atoms with Crippen molar-refractivity contribution in [2.24, 2.45) is 5.92 Å². The molecule has 1 fully saturated rings. The van der Waals surface area contributed by atoms with Gasteiger partial charge in [0, 0.05) is 18.8 Å². The summed E-state index contributed by atoms with van der Waals surface area (Å²) in [6.07, 6.45) is 3.74. The summed E-state index contributed by atoms with van der Waals surface area (Å²) in [5, 5.41) is 0. The Labute approximate surface area is 115 Å². The summed E-state index contributed by atoms with van der Waals surface area (Å²) in [6, 6.07) is 7.65. The molecule has 19 heavy (non-hydrogen) atoms. The third-order valence-electron chi connectivity index (χ3n) is 3.38. The Kier molecular flexibility index (Phi) is 4.47. The summed E-state index contributed by atoms with van der Waals surface area (Å²) in [4.78, 5) is 2.44. The SMILES string of the molecule is C[C@@H]1CCCN(Cc2cccc(NS(C)(=O)=O)c2)C1. The summed E-state index contributed by atoms with van der Waals surface area (Å²) in [7, 11) is -3.20. The van der Waals surface area contributed by atoms with Gasteiger partial charge in [-0.3, -0.25) is 9.62 Å². The summed E-state index contributed by atoms with van der Waals surface area (Å²) in [6.45, 7) is 5.44. The highest BCUT2D eigenvalue weighted by atomic mass is 32.2. The maximum absolute atomic E-state index is 11.2. The van der Waals surface area contributed by atoms with Crippen LogP contribution in [0.15, 0.2) is 24.3 Å². The van der Waals surface area contributed by atoms with Gasteiger partial charge in [-0.05, 0) is 43.0 Å². The molecule has 0 bridgehead atoms. The van der Waals surface area contributed by atoms with Crippen molar-refractivity contribution in [3.05, 3.63) is 29.8 Å². The van der Waals surface area contributed by atoms with E-state index < -0.39 is 10.0 Å². The fourth-order valence-corrected chi connectivity index (χ4v) is 3.19. The van der Waals surface area contributed by atoms with Crippen LogP contribution >= 0.6 is 0 Å². The molecule has 4 nitrogen and oxygen atoms in total. The van der Waals surface area contributed by atoms with Crippen LogP contribution in [0, 0.1) is 5.92 Å². The number of piperidine rings is 1. The molecule has 2 rings (SSSR count). The lowest BCUT2D eigenvalue weighted by molar-refractivity contribution is 0.176. The van der Waals surface area contributed by atoms with Crippen LogP contribution in [0.1, 0.15) is 25.3 Å². The molecule has 5 heteroatoms. The van der Waals surface area contributed by atoms with Gasteiger partial charge in [0.25, 0.3) is 0 Å². The van der Waals surface area contributed by atoms with Crippen LogP contribution in [-0.2, 0) is 16.6 Å². The molecule has 1 aliphatic heterocycles. The molecular formula is C14H22N2O2S. The minimum atomic E-state index is -3.20. The smallest absolute Gasteiger partial charge is 0.229 e. The number of benzene rings is 1. The Hall–Kier alpha value is -1.07. The first-order valence-electron chi connectivity index (χ1n) is 6.71. The molecule has 1 heterocycles. The summed E-state index contributed by atoms with van der Waals surface area (Å²) >= 11 is 0. The summed E-state index contributed by atoms with van der Waals surface area (Å²) in [5.41, 5.74) is 1.80. The van der Waals surface area contributed by atoms with E-state index in [0.29, 0.717) is 5.69 Å². The molecule has 1 saturated heterocycles. The highest BCUT2D eigenvalue weighted by Gasteiger charge is 2.16. The van der Waals surface area contributed by atoms with Gasteiger partial charge in [-0.2, -0.15) is 0 Å². The third-order valence-corrected chi connectivity index (χ3v) is 3.98. The average molecular weight is 282 g/mol. The summed E-state index contributed by atoms with van der Waals surface area (Å²) < 4.78 is 25.0. The van der Waals surface area contributed by atoms with Gasteiger partial charge in [-0.15, -0.1) is 0 Å². The Morgan fingerprint density at radius 1 is 1.42 bits per heavy atom. The number of nitrogens with zero attached hydrogens (tertiary/aromatic N) is 1. The van der Waals surface area contributed by atoms with Crippen LogP contribution in [-0.4, -0.2) is 32.7 Å². The van der Waals surface area contributed by atoms with Crippen molar-refractivity contribution in [3.8, 4) is 0 Å². The molecule has 1 aromatic carbocycles. The molecule has 1 N–H and O–H groups in total. The van der Waals surface area contributed by atoms with E-state index in [4.69, 9.17) is 0 Å². The van der Waals surface area contributed by atoms with E-state index in [1.54, 1.807) is 6.07 Å². The lowest BCUT2D eigenvalue weighted by Gasteiger charge is -2.30. The topological polar surface area (TPSA) is 49.4 Å². The first-order chi connectivity index (χ1) is 8.92. The standard InChI is InChI=1S/C14H22N2O2S/c1-12-5-4-8-16(10-12)11-13-6-3-7-14(9-13)15-19(2,17)18/h3,6-7,9,12,15H,4-5,8,10-11H2,1-2H3/t12-/m1/s1. The molecule has 0 spiro atoms. The van der Waals surface area contributed by atoms with Crippen molar-refractivity contribution in [1.29, 1.82) is 0 Å². The number of anilines is 1. The molecule has 0 unspecified atom stereocenters. The van der Waals surface area contributed by atoms with Crippen molar-refractivity contribution < 1.29 is 8.42 Å². The second kappa shape index (κ2) is 5.92. The van der Waals surface area contributed by atoms with Crippen molar-refractivity contribution in [1.82, 2.24) is 4.90 Å². The molecule has 0 saturated carbocycles. The average Bonchev–Trinajstić information content (AvgIpc) is 2.27. The van der Waals surface area contributed by atoms with E-state index in [9.17, 15) is 8.42 Å². The Balaban J connectivity index is 2.02. The van der Waals surface area contributed by atoms with Crippen LogP contribution in [0.25, 0.3) is 0 Å². The monoisotopic (exact) mass is 282 g/mol. The zero-order chi connectivity index (χ0) is 13.9. The zero-order valence-electron chi connectivity index (χ0n) is 11.6. The van der Waals surface area contributed by atoms with E-state index in [-0.39, 0.29) is 0 Å². The van der Waals surface area contributed by atoms with Crippen LogP contribution in [0.2, 0.25) is 0 Å². The van der Waals surface area contributed by atoms with Crippen LogP contribution < -0.4 is 4.72 Å². The van der Waals surface area contributed by atoms with E-state index in [2.05, 4.69) is 16.5 Å². The minimum Gasteiger partial charge on any atom is -0.299 e. The fraction of sp³-hybridized carbons (Fsp3) is 0.571. The van der Waals surface area contributed by atoms with Crippen molar-refractivity contribution in [3.63, 3.8) is 0 Å². The van der Waals surface area contributed by atoms with E-state index >= 15 is 0 Å². The zero-order valence-corrected chi connectivity index (χ0v) is 12.4. The molecule has 1 aromatic rings. The van der Waals surface area contributed by atoms with Gasteiger partial charge in [0.15, 0.2) is 0 Å².